The van der Waals surface area contributed by atoms with Crippen LogP contribution in [-0.4, -0.2) is 105 Å². The van der Waals surface area contributed by atoms with Crippen molar-refractivity contribution in [3.05, 3.63) is 87.2 Å². The van der Waals surface area contributed by atoms with Gasteiger partial charge in [-0.3, -0.25) is 9.59 Å². The highest BCUT2D eigenvalue weighted by Crippen LogP contribution is 2.60. The number of aliphatic hydroxyl groups excluding tert-OH is 3. The van der Waals surface area contributed by atoms with Crippen LogP contribution in [0.1, 0.15) is 102 Å². The summed E-state index contributed by atoms with van der Waals surface area (Å²) in [4.78, 5) is 45.2. The molecule has 7 rings (SSSR count). The minimum Gasteiger partial charge on any atom is -0.511 e. The van der Waals surface area contributed by atoms with Crippen molar-refractivity contribution < 1.29 is 49.0 Å². The van der Waals surface area contributed by atoms with Crippen molar-refractivity contribution in [1.29, 1.82) is 0 Å². The number of amides is 1. The molecule has 344 valence electrons. The number of nitrogens with zero attached hydrogens (tertiary/aromatic N) is 1. The quantitative estimate of drug-likeness (QED) is 0.0997. The number of ketones is 1. The van der Waals surface area contributed by atoms with Gasteiger partial charge in [0.15, 0.2) is 11.9 Å². The second-order valence-corrected chi connectivity index (χ2v) is 19.9. The fourth-order valence-electron chi connectivity index (χ4n) is 12.1. The zero-order valence-corrected chi connectivity index (χ0v) is 38.9. The number of carbonyl (C=O) groups is 3. The van der Waals surface area contributed by atoms with Gasteiger partial charge >= 0.3 is 5.97 Å². The average molecular weight is 892 g/mol. The van der Waals surface area contributed by atoms with Gasteiger partial charge in [0.2, 0.25) is 5.78 Å². The molecule has 2 bridgehead atoms. The molecule has 1 saturated carbocycles. The Hall–Kier alpha value is -3.78. The fourth-order valence-corrected chi connectivity index (χ4v) is 12.3. The van der Waals surface area contributed by atoms with Gasteiger partial charge in [-0.2, -0.15) is 0 Å². The summed E-state index contributed by atoms with van der Waals surface area (Å²) in [5.41, 5.74) is -0.832. The maximum atomic E-state index is 15.2. The molecule has 2 heterocycles. The normalized spacial score (nSPS) is 41.7. The second kappa shape index (κ2) is 18.2. The number of nitrogens with one attached hydrogen (secondary N) is 1. The van der Waals surface area contributed by atoms with E-state index in [0.29, 0.717) is 36.3 Å². The van der Waals surface area contributed by atoms with Crippen LogP contribution < -0.4 is 5.32 Å². The molecule has 2 aliphatic heterocycles. The number of hydrogen-bond acceptors (Lipinski definition) is 11. The lowest BCUT2D eigenvalue weighted by Gasteiger charge is -2.56. The van der Waals surface area contributed by atoms with Gasteiger partial charge in [-0.25, -0.2) is 4.79 Å². The third-order valence-electron chi connectivity index (χ3n) is 15.4. The average Bonchev–Trinajstić information content (AvgIpc) is 3.47. The van der Waals surface area contributed by atoms with Gasteiger partial charge in [0.25, 0.3) is 5.91 Å². The van der Waals surface area contributed by atoms with E-state index in [1.165, 1.54) is 6.07 Å². The molecule has 63 heavy (non-hydrogen) atoms. The van der Waals surface area contributed by atoms with Gasteiger partial charge in [-0.1, -0.05) is 87.7 Å². The first-order chi connectivity index (χ1) is 29.8. The van der Waals surface area contributed by atoms with Crippen molar-refractivity contribution >= 4 is 29.3 Å². The number of ether oxygens (including phenoxy) is 3. The number of rotatable bonds is 8. The van der Waals surface area contributed by atoms with E-state index in [1.54, 1.807) is 13.0 Å². The number of phenolic OH excluding ortho intramolecular Hbond substituents is 1. The van der Waals surface area contributed by atoms with E-state index in [9.17, 15) is 30.0 Å². The third-order valence-corrected chi connectivity index (χ3v) is 15.8. The maximum absolute atomic E-state index is 15.2. The number of benzene rings is 1. The van der Waals surface area contributed by atoms with Crippen LogP contribution in [0.25, 0.3) is 0 Å². The maximum Gasteiger partial charge on any atom is 0.346 e. The number of Topliss-reactive ketones (excluding diaryl/α,β-unsaturated/α-hetero) is 1. The minimum atomic E-state index is -1.59. The van der Waals surface area contributed by atoms with Gasteiger partial charge in [0, 0.05) is 47.1 Å². The molecule has 1 amide bonds. The molecule has 6 aliphatic rings. The Labute approximate surface area is 377 Å². The zero-order valence-electron chi connectivity index (χ0n) is 38.1. The molecule has 15 atom stereocenters. The molecule has 0 aromatic heterocycles. The van der Waals surface area contributed by atoms with E-state index >= 15 is 4.79 Å². The topological polar surface area (TPSA) is 175 Å². The Bertz CT molecular complexity index is 2130. The van der Waals surface area contributed by atoms with Crippen molar-refractivity contribution in [2.45, 2.75) is 142 Å². The Morgan fingerprint density at radius 1 is 1.05 bits per heavy atom. The molecular weight excluding hydrogens is 824 g/mol. The lowest BCUT2D eigenvalue weighted by Crippen LogP contribution is -2.60. The number of halogens is 1. The Morgan fingerprint density at radius 3 is 2.46 bits per heavy atom. The van der Waals surface area contributed by atoms with Crippen molar-refractivity contribution in [3.8, 4) is 5.75 Å². The number of likely N-dealkylation sites (N-methyl/N-ethyl adjacent to an activating group) is 1. The monoisotopic (exact) mass is 890 g/mol. The number of aliphatic hydroxyl groups is 3. The van der Waals surface area contributed by atoms with Gasteiger partial charge < -0.3 is 44.9 Å². The fraction of sp³-hybridized carbons (Fsp3) is 0.620. The first kappa shape index (κ1) is 47.2. The number of aromatic hydroxyl groups is 1. The Balaban J connectivity index is 1.29. The molecule has 1 aromatic rings. The molecule has 13 heteroatoms. The minimum absolute atomic E-state index is 0.0325. The van der Waals surface area contributed by atoms with E-state index < -0.39 is 89.1 Å². The van der Waals surface area contributed by atoms with Crippen molar-refractivity contribution in [2.75, 3.05) is 14.1 Å². The summed E-state index contributed by atoms with van der Waals surface area (Å²) in [6.45, 7) is 13.5. The lowest BCUT2D eigenvalue weighted by molar-refractivity contribution is -0.222. The van der Waals surface area contributed by atoms with Gasteiger partial charge in [0.05, 0.1) is 36.0 Å². The van der Waals surface area contributed by atoms with Crippen LogP contribution in [0.4, 0.5) is 0 Å². The molecule has 1 aromatic carbocycles. The van der Waals surface area contributed by atoms with Crippen LogP contribution in [0.15, 0.2) is 71.1 Å². The summed E-state index contributed by atoms with van der Waals surface area (Å²) in [6.07, 6.45) is 11.9. The molecule has 5 N–H and O–H groups in total. The summed E-state index contributed by atoms with van der Waals surface area (Å²) in [6, 6.07) is 2.25. The number of phenols is 1. The lowest BCUT2D eigenvalue weighted by atomic mass is 9.49. The highest BCUT2D eigenvalue weighted by atomic mass is 35.5. The molecule has 12 nitrogen and oxygen atoms in total. The number of esters is 1. The van der Waals surface area contributed by atoms with E-state index in [-0.39, 0.29) is 46.9 Å². The van der Waals surface area contributed by atoms with Gasteiger partial charge in [-0.15, -0.1) is 0 Å². The first-order valence-electron chi connectivity index (χ1n) is 22.9. The Morgan fingerprint density at radius 2 is 1.78 bits per heavy atom. The van der Waals surface area contributed by atoms with Crippen molar-refractivity contribution in [1.82, 2.24) is 10.2 Å². The van der Waals surface area contributed by atoms with Gasteiger partial charge in [-0.05, 0) is 102 Å². The molecule has 1 spiro atoms. The predicted octanol–water partition coefficient (Wildman–Crippen LogP) is 7.44. The molecule has 4 aliphatic carbocycles. The van der Waals surface area contributed by atoms with Crippen LogP contribution in [0.5, 0.6) is 5.75 Å². The number of fused-ring (bicyclic) bond motifs is 4. The van der Waals surface area contributed by atoms with Crippen LogP contribution in [0.2, 0.25) is 5.02 Å². The molecule has 15 unspecified atom stereocenters. The predicted molar refractivity (Wildman–Crippen MR) is 240 cm³/mol. The molecule has 3 fully saturated rings. The SMILES string of the molecule is CCCC1C=CC2/C=C(\C)C(OC3CC(N(C)C)C(NC(=O)c4c(O)ccc(Cl)c4C)C(C)O3)C/C=C/C3C(CC)=CC4C(O)C(O)CC(C)C4C3(C)/C(O)=C3/C(=O)OC2(C1)C3=O. The summed E-state index contributed by atoms with van der Waals surface area (Å²) in [5, 5.41) is 49.3. The number of carbonyl (C=O) groups excluding carboxylic acids is 3. The van der Waals surface area contributed by atoms with Gasteiger partial charge in [0.1, 0.15) is 17.1 Å². The van der Waals surface area contributed by atoms with Crippen LogP contribution in [0.3, 0.4) is 0 Å². The van der Waals surface area contributed by atoms with E-state index in [0.717, 1.165) is 24.0 Å². The van der Waals surface area contributed by atoms with Crippen molar-refractivity contribution in [2.24, 2.45) is 40.9 Å². The van der Waals surface area contributed by atoms with E-state index in [4.69, 9.17) is 25.8 Å². The molecular formula is C50H67ClN2O10. The highest BCUT2D eigenvalue weighted by molar-refractivity contribution is 6.32. The number of hydrogen-bond donors (Lipinski definition) is 5. The molecule has 2 saturated heterocycles. The summed E-state index contributed by atoms with van der Waals surface area (Å²) in [5.74, 6) is -4.65. The van der Waals surface area contributed by atoms with E-state index in [1.807, 2.05) is 84.0 Å². The molecule has 0 radical (unpaired) electrons. The largest absolute Gasteiger partial charge is 0.511 e. The second-order valence-electron chi connectivity index (χ2n) is 19.5. The summed E-state index contributed by atoms with van der Waals surface area (Å²) >= 11 is 6.34. The van der Waals surface area contributed by atoms with Crippen LogP contribution in [-0.2, 0) is 23.8 Å². The van der Waals surface area contributed by atoms with Crippen LogP contribution in [0, 0.1) is 47.8 Å². The standard InChI is InChI=1S/C50H67ClN2O10/c1-10-13-29-16-17-31-20-25(3)38(62-39-23-35(53(8)9)43(28(6)61-39)52-47(59)40-27(5)34(51)18-19-36(40)54)15-12-14-33-30(11-2)22-32-42(26(4)21-37(55)44(32)56)49(33,7)45(57)41-46(58)50(31,24-29)63-48(41)60/h12,14,16-20,22,26,28-29,31-33,35,37-39,42-44,54-57H,10-11,13,15,21,23-24H2,1-9H3,(H,52,59)/b14-12+,25-20+,45-41-. The first-order valence-corrected chi connectivity index (χ1v) is 23.2. The van der Waals surface area contributed by atoms with Crippen molar-refractivity contribution in [3.63, 3.8) is 0 Å². The summed E-state index contributed by atoms with van der Waals surface area (Å²) in [7, 11) is 3.87. The van der Waals surface area contributed by atoms with Crippen LogP contribution >= 0.6 is 11.6 Å². The Kier molecular flexibility index (Phi) is 13.7. The number of allylic oxidation sites excluding steroid dienone is 4. The zero-order chi connectivity index (χ0) is 45.9. The third kappa shape index (κ3) is 8.26. The highest BCUT2D eigenvalue weighted by Gasteiger charge is 2.63. The van der Waals surface area contributed by atoms with E-state index in [2.05, 4.69) is 18.3 Å². The smallest absolute Gasteiger partial charge is 0.346 e. The summed E-state index contributed by atoms with van der Waals surface area (Å²) < 4.78 is 19.9.